The van der Waals surface area contributed by atoms with Gasteiger partial charge in [-0.3, -0.25) is 9.48 Å². The Morgan fingerprint density at radius 1 is 1.62 bits per heavy atom. The van der Waals surface area contributed by atoms with E-state index in [1.54, 1.807) is 24.1 Å². The van der Waals surface area contributed by atoms with Crippen LogP contribution in [0.3, 0.4) is 0 Å². The quantitative estimate of drug-likeness (QED) is 0.780. The predicted molar refractivity (Wildman–Crippen MR) is 57.8 cm³/mol. The van der Waals surface area contributed by atoms with Gasteiger partial charge in [-0.1, -0.05) is 0 Å². The molecular formula is C9H14N2O4S. The summed E-state index contributed by atoms with van der Waals surface area (Å²) in [7, 11) is -1.85. The SMILES string of the molecule is CC(C(=O)O)S(=O)(=O)CCc1cnn(C)c1. The van der Waals surface area contributed by atoms with Crippen molar-refractivity contribution in [3.05, 3.63) is 18.0 Å². The average Bonchev–Trinajstić information content (AvgIpc) is 2.60. The van der Waals surface area contributed by atoms with E-state index in [0.717, 1.165) is 5.56 Å². The minimum absolute atomic E-state index is 0.174. The lowest BCUT2D eigenvalue weighted by Gasteiger charge is -2.07. The summed E-state index contributed by atoms with van der Waals surface area (Å²) in [6, 6.07) is 0. The lowest BCUT2D eigenvalue weighted by Crippen LogP contribution is -2.29. The van der Waals surface area contributed by atoms with Crippen LogP contribution < -0.4 is 0 Å². The van der Waals surface area contributed by atoms with Crippen molar-refractivity contribution >= 4 is 15.8 Å². The fourth-order valence-electron chi connectivity index (χ4n) is 1.19. The number of hydrogen-bond acceptors (Lipinski definition) is 4. The van der Waals surface area contributed by atoms with E-state index >= 15 is 0 Å². The van der Waals surface area contributed by atoms with E-state index in [4.69, 9.17) is 5.11 Å². The first-order chi connectivity index (χ1) is 7.33. The second-order valence-corrected chi connectivity index (χ2v) is 6.06. The van der Waals surface area contributed by atoms with Gasteiger partial charge in [-0.05, 0) is 18.9 Å². The number of aromatic nitrogens is 2. The number of rotatable bonds is 5. The van der Waals surface area contributed by atoms with Gasteiger partial charge in [-0.2, -0.15) is 5.10 Å². The highest BCUT2D eigenvalue weighted by molar-refractivity contribution is 7.92. The van der Waals surface area contributed by atoms with Crippen LogP contribution in [0.2, 0.25) is 0 Å². The molecule has 0 amide bonds. The van der Waals surface area contributed by atoms with Gasteiger partial charge < -0.3 is 5.11 Å². The highest BCUT2D eigenvalue weighted by atomic mass is 32.2. The first-order valence-electron chi connectivity index (χ1n) is 4.75. The molecule has 1 aromatic heterocycles. The molecular weight excluding hydrogens is 232 g/mol. The molecule has 16 heavy (non-hydrogen) atoms. The van der Waals surface area contributed by atoms with Crippen LogP contribution >= 0.6 is 0 Å². The minimum Gasteiger partial charge on any atom is -0.480 e. The van der Waals surface area contributed by atoms with E-state index in [9.17, 15) is 13.2 Å². The second-order valence-electron chi connectivity index (χ2n) is 3.62. The van der Waals surface area contributed by atoms with E-state index in [-0.39, 0.29) is 12.2 Å². The third-order valence-corrected chi connectivity index (χ3v) is 4.37. The van der Waals surface area contributed by atoms with Crippen molar-refractivity contribution in [2.45, 2.75) is 18.6 Å². The van der Waals surface area contributed by atoms with Crippen molar-refractivity contribution in [1.29, 1.82) is 0 Å². The summed E-state index contributed by atoms with van der Waals surface area (Å²) >= 11 is 0. The number of hydrogen-bond donors (Lipinski definition) is 1. The summed E-state index contributed by atoms with van der Waals surface area (Å²) in [5.41, 5.74) is 0.781. The monoisotopic (exact) mass is 246 g/mol. The molecule has 1 unspecified atom stereocenters. The molecule has 0 saturated heterocycles. The van der Waals surface area contributed by atoms with Gasteiger partial charge in [0.05, 0.1) is 11.9 Å². The van der Waals surface area contributed by atoms with Gasteiger partial charge in [0.25, 0.3) is 0 Å². The Morgan fingerprint density at radius 2 is 2.25 bits per heavy atom. The topological polar surface area (TPSA) is 89.3 Å². The van der Waals surface area contributed by atoms with Crippen molar-refractivity contribution < 1.29 is 18.3 Å². The highest BCUT2D eigenvalue weighted by Gasteiger charge is 2.27. The lowest BCUT2D eigenvalue weighted by atomic mass is 10.3. The first-order valence-corrected chi connectivity index (χ1v) is 6.46. The third kappa shape index (κ3) is 3.06. The second kappa shape index (κ2) is 4.65. The molecule has 0 aromatic carbocycles. The number of carboxylic acids is 1. The normalized spacial score (nSPS) is 13.6. The maximum absolute atomic E-state index is 11.5. The molecule has 0 spiro atoms. The minimum atomic E-state index is -3.59. The molecule has 0 aliphatic heterocycles. The van der Waals surface area contributed by atoms with Gasteiger partial charge in [0.2, 0.25) is 0 Å². The largest absolute Gasteiger partial charge is 0.480 e. The van der Waals surface area contributed by atoms with E-state index in [0.29, 0.717) is 0 Å². The summed E-state index contributed by atoms with van der Waals surface area (Å²) in [6.45, 7) is 1.18. The maximum atomic E-state index is 11.5. The van der Waals surface area contributed by atoms with Crippen LogP contribution in [-0.2, 0) is 28.1 Å². The van der Waals surface area contributed by atoms with E-state index in [2.05, 4.69) is 5.10 Å². The fourth-order valence-corrected chi connectivity index (χ4v) is 2.37. The highest BCUT2D eigenvalue weighted by Crippen LogP contribution is 2.06. The Morgan fingerprint density at radius 3 is 2.69 bits per heavy atom. The summed E-state index contributed by atoms with van der Waals surface area (Å²) in [5, 5.41) is 11.2. The van der Waals surface area contributed by atoms with Gasteiger partial charge in [0.1, 0.15) is 0 Å². The molecule has 1 atom stereocenters. The van der Waals surface area contributed by atoms with Crippen LogP contribution in [0.1, 0.15) is 12.5 Å². The molecule has 90 valence electrons. The van der Waals surface area contributed by atoms with Crippen LogP contribution in [0.25, 0.3) is 0 Å². The van der Waals surface area contributed by atoms with Gasteiger partial charge in [-0.25, -0.2) is 8.42 Å². The van der Waals surface area contributed by atoms with E-state index in [1.807, 2.05) is 0 Å². The fraction of sp³-hybridized carbons (Fsp3) is 0.556. The number of aryl methyl sites for hydroxylation is 2. The number of nitrogens with zero attached hydrogens (tertiary/aromatic N) is 2. The molecule has 6 nitrogen and oxygen atoms in total. The standard InChI is InChI=1S/C9H14N2O4S/c1-7(9(12)13)16(14,15)4-3-8-5-10-11(2)6-8/h5-7H,3-4H2,1-2H3,(H,12,13). The molecule has 1 rings (SSSR count). The van der Waals surface area contributed by atoms with Crippen molar-refractivity contribution in [2.75, 3.05) is 5.75 Å². The Kier molecular flexibility index (Phi) is 3.69. The maximum Gasteiger partial charge on any atom is 0.321 e. The number of sulfone groups is 1. The predicted octanol–water partition coefficient (Wildman–Crippen LogP) is -0.149. The molecule has 1 N–H and O–H groups in total. The molecule has 1 heterocycles. The molecule has 0 aliphatic carbocycles. The Balaban J connectivity index is 2.65. The van der Waals surface area contributed by atoms with Gasteiger partial charge in [0.15, 0.2) is 15.1 Å². The van der Waals surface area contributed by atoms with E-state index in [1.165, 1.54) is 6.92 Å². The zero-order valence-corrected chi connectivity index (χ0v) is 9.94. The molecule has 0 radical (unpaired) electrons. The number of carboxylic acid groups (broad SMARTS) is 1. The lowest BCUT2D eigenvalue weighted by molar-refractivity contribution is -0.136. The molecule has 0 saturated carbocycles. The molecule has 0 aliphatic rings. The summed E-state index contributed by atoms with van der Waals surface area (Å²) < 4.78 is 24.7. The summed E-state index contributed by atoms with van der Waals surface area (Å²) in [4.78, 5) is 10.6. The molecule has 1 aromatic rings. The van der Waals surface area contributed by atoms with Crippen LogP contribution in [0.15, 0.2) is 12.4 Å². The van der Waals surface area contributed by atoms with Crippen LogP contribution in [0.5, 0.6) is 0 Å². The van der Waals surface area contributed by atoms with Gasteiger partial charge >= 0.3 is 5.97 Å². The smallest absolute Gasteiger partial charge is 0.321 e. The van der Waals surface area contributed by atoms with Gasteiger partial charge in [-0.15, -0.1) is 0 Å². The zero-order valence-electron chi connectivity index (χ0n) is 9.12. The first kappa shape index (κ1) is 12.7. The number of aliphatic carboxylic acids is 1. The van der Waals surface area contributed by atoms with Crippen molar-refractivity contribution in [3.63, 3.8) is 0 Å². The van der Waals surface area contributed by atoms with Crippen molar-refractivity contribution in [1.82, 2.24) is 9.78 Å². The Bertz CT molecular complexity index is 477. The molecule has 7 heteroatoms. The average molecular weight is 246 g/mol. The Labute approximate surface area is 93.8 Å². The van der Waals surface area contributed by atoms with E-state index < -0.39 is 21.1 Å². The van der Waals surface area contributed by atoms with Crippen LogP contribution in [0.4, 0.5) is 0 Å². The van der Waals surface area contributed by atoms with Crippen molar-refractivity contribution in [2.24, 2.45) is 7.05 Å². The zero-order chi connectivity index (χ0) is 12.3. The third-order valence-electron chi connectivity index (χ3n) is 2.32. The molecule has 0 fully saturated rings. The summed E-state index contributed by atoms with van der Waals surface area (Å²) in [5.74, 6) is -1.49. The van der Waals surface area contributed by atoms with Gasteiger partial charge in [0, 0.05) is 13.2 Å². The summed E-state index contributed by atoms with van der Waals surface area (Å²) in [6.07, 6.45) is 3.57. The Hall–Kier alpha value is -1.37. The number of carbonyl (C=O) groups is 1. The van der Waals surface area contributed by atoms with Crippen LogP contribution in [0, 0.1) is 0 Å². The van der Waals surface area contributed by atoms with Crippen molar-refractivity contribution in [3.8, 4) is 0 Å². The molecule has 0 bridgehead atoms. The van der Waals surface area contributed by atoms with Crippen LogP contribution in [-0.4, -0.2) is 40.3 Å².